The van der Waals surface area contributed by atoms with Crippen LogP contribution in [0.25, 0.3) is 0 Å². The van der Waals surface area contributed by atoms with E-state index in [0.29, 0.717) is 24.8 Å². The molecule has 7 heteroatoms. The second-order valence-corrected chi connectivity index (χ2v) is 7.13. The lowest BCUT2D eigenvalue weighted by Gasteiger charge is -2.22. The Morgan fingerprint density at radius 3 is 2.70 bits per heavy atom. The SMILES string of the molecule is CCNC(=O)COc1cccc(CNC(=NC)N2CCC(c3ccccc3)C2)c1.I. The van der Waals surface area contributed by atoms with Gasteiger partial charge in [-0.05, 0) is 36.6 Å². The number of carbonyl (C=O) groups is 1. The molecular weight excluding hydrogens is 491 g/mol. The summed E-state index contributed by atoms with van der Waals surface area (Å²) >= 11 is 0. The van der Waals surface area contributed by atoms with E-state index >= 15 is 0 Å². The number of halogens is 1. The lowest BCUT2D eigenvalue weighted by molar-refractivity contribution is -0.122. The minimum absolute atomic E-state index is 0. The maximum Gasteiger partial charge on any atom is 0.257 e. The molecule has 162 valence electrons. The number of likely N-dealkylation sites (N-methyl/N-ethyl adjacent to an activating group) is 1. The lowest BCUT2D eigenvalue weighted by atomic mass is 9.99. The van der Waals surface area contributed by atoms with Gasteiger partial charge in [0.15, 0.2) is 12.6 Å². The number of benzene rings is 2. The molecule has 0 radical (unpaired) electrons. The van der Waals surface area contributed by atoms with Crippen LogP contribution in [-0.2, 0) is 11.3 Å². The monoisotopic (exact) mass is 522 g/mol. The van der Waals surface area contributed by atoms with Crippen molar-refractivity contribution in [2.24, 2.45) is 4.99 Å². The Balaban J connectivity index is 0.00000320. The van der Waals surface area contributed by atoms with Crippen LogP contribution >= 0.6 is 24.0 Å². The second-order valence-electron chi connectivity index (χ2n) is 7.13. The number of hydrogen-bond acceptors (Lipinski definition) is 3. The highest BCUT2D eigenvalue weighted by Gasteiger charge is 2.25. The minimum atomic E-state index is -0.113. The Labute approximate surface area is 196 Å². The molecule has 30 heavy (non-hydrogen) atoms. The first-order valence-corrected chi connectivity index (χ1v) is 10.2. The first kappa shape index (κ1) is 24.0. The quantitative estimate of drug-likeness (QED) is 0.333. The third kappa shape index (κ3) is 6.90. The van der Waals surface area contributed by atoms with E-state index in [0.717, 1.165) is 31.0 Å². The molecule has 2 aromatic rings. The molecule has 3 rings (SSSR count). The highest BCUT2D eigenvalue weighted by molar-refractivity contribution is 14.0. The summed E-state index contributed by atoms with van der Waals surface area (Å²) in [7, 11) is 1.82. The summed E-state index contributed by atoms with van der Waals surface area (Å²) in [5, 5.41) is 6.18. The van der Waals surface area contributed by atoms with Gasteiger partial charge in [-0.3, -0.25) is 9.79 Å². The Bertz CT molecular complexity index is 829. The average molecular weight is 522 g/mol. The fraction of sp³-hybridized carbons (Fsp3) is 0.391. The third-order valence-electron chi connectivity index (χ3n) is 5.06. The molecule has 1 saturated heterocycles. The van der Waals surface area contributed by atoms with E-state index in [-0.39, 0.29) is 36.5 Å². The van der Waals surface area contributed by atoms with Crippen molar-refractivity contribution in [3.63, 3.8) is 0 Å². The second kappa shape index (κ2) is 12.4. The Morgan fingerprint density at radius 1 is 1.17 bits per heavy atom. The summed E-state index contributed by atoms with van der Waals surface area (Å²) in [6.07, 6.45) is 1.13. The Morgan fingerprint density at radius 2 is 1.97 bits per heavy atom. The zero-order chi connectivity index (χ0) is 20.5. The van der Waals surface area contributed by atoms with Crippen LogP contribution in [0.2, 0.25) is 0 Å². The van der Waals surface area contributed by atoms with E-state index in [2.05, 4.69) is 50.9 Å². The summed E-state index contributed by atoms with van der Waals surface area (Å²) in [4.78, 5) is 18.3. The van der Waals surface area contributed by atoms with Gasteiger partial charge in [-0.25, -0.2) is 0 Å². The molecule has 1 amide bonds. The number of guanidine groups is 1. The Kier molecular flexibility index (Phi) is 9.93. The summed E-state index contributed by atoms with van der Waals surface area (Å²) < 4.78 is 5.58. The molecule has 0 aromatic heterocycles. The molecular formula is C23H31IN4O2. The van der Waals surface area contributed by atoms with Gasteiger partial charge >= 0.3 is 0 Å². The largest absolute Gasteiger partial charge is 0.484 e. The predicted molar refractivity (Wildman–Crippen MR) is 132 cm³/mol. The molecule has 0 bridgehead atoms. The minimum Gasteiger partial charge on any atom is -0.484 e. The molecule has 2 aromatic carbocycles. The van der Waals surface area contributed by atoms with Gasteiger partial charge in [0.2, 0.25) is 0 Å². The normalized spacial score (nSPS) is 16.0. The zero-order valence-electron chi connectivity index (χ0n) is 17.6. The number of nitrogens with zero attached hydrogens (tertiary/aromatic N) is 2. The van der Waals surface area contributed by atoms with E-state index in [4.69, 9.17) is 4.74 Å². The molecule has 1 atom stereocenters. The van der Waals surface area contributed by atoms with Gasteiger partial charge in [0, 0.05) is 39.1 Å². The zero-order valence-corrected chi connectivity index (χ0v) is 20.0. The molecule has 1 fully saturated rings. The number of nitrogens with one attached hydrogen (secondary N) is 2. The third-order valence-corrected chi connectivity index (χ3v) is 5.06. The Hall–Kier alpha value is -2.29. The number of amides is 1. The van der Waals surface area contributed by atoms with Crippen LogP contribution < -0.4 is 15.4 Å². The van der Waals surface area contributed by atoms with E-state index in [1.165, 1.54) is 5.56 Å². The van der Waals surface area contributed by atoms with Crippen LogP contribution in [0, 0.1) is 0 Å². The molecule has 1 aliphatic heterocycles. The highest BCUT2D eigenvalue weighted by atomic mass is 127. The predicted octanol–water partition coefficient (Wildman–Crippen LogP) is 3.38. The van der Waals surface area contributed by atoms with Gasteiger partial charge in [-0.2, -0.15) is 0 Å². The molecule has 1 heterocycles. The molecule has 0 spiro atoms. The van der Waals surface area contributed by atoms with Crippen molar-refractivity contribution in [2.75, 3.05) is 33.3 Å². The number of rotatable bonds is 7. The summed E-state index contributed by atoms with van der Waals surface area (Å²) in [5.74, 6) is 2.03. The van der Waals surface area contributed by atoms with Crippen LogP contribution in [0.5, 0.6) is 5.75 Å². The first-order valence-electron chi connectivity index (χ1n) is 10.2. The molecule has 2 N–H and O–H groups in total. The van der Waals surface area contributed by atoms with Crippen molar-refractivity contribution in [1.82, 2.24) is 15.5 Å². The van der Waals surface area contributed by atoms with Gasteiger partial charge in [0.05, 0.1) is 0 Å². The van der Waals surface area contributed by atoms with Crippen LogP contribution in [0.4, 0.5) is 0 Å². The first-order chi connectivity index (χ1) is 14.2. The van der Waals surface area contributed by atoms with Crippen molar-refractivity contribution < 1.29 is 9.53 Å². The van der Waals surface area contributed by atoms with E-state index in [1.807, 2.05) is 38.2 Å². The number of ether oxygens (including phenoxy) is 1. The van der Waals surface area contributed by atoms with Gasteiger partial charge in [-0.15, -0.1) is 24.0 Å². The van der Waals surface area contributed by atoms with Gasteiger partial charge in [-0.1, -0.05) is 42.5 Å². The number of carbonyl (C=O) groups excluding carboxylic acids is 1. The molecule has 0 aliphatic carbocycles. The number of hydrogen-bond donors (Lipinski definition) is 2. The average Bonchev–Trinajstić information content (AvgIpc) is 3.24. The highest BCUT2D eigenvalue weighted by Crippen LogP contribution is 2.26. The van der Waals surface area contributed by atoms with Crippen molar-refractivity contribution in [1.29, 1.82) is 0 Å². The number of likely N-dealkylation sites (tertiary alicyclic amines) is 1. The van der Waals surface area contributed by atoms with Crippen molar-refractivity contribution in [3.8, 4) is 5.75 Å². The molecule has 1 unspecified atom stereocenters. The van der Waals surface area contributed by atoms with Crippen molar-refractivity contribution in [2.45, 2.75) is 25.8 Å². The summed E-state index contributed by atoms with van der Waals surface area (Å²) in [6, 6.07) is 18.5. The van der Waals surface area contributed by atoms with Gasteiger partial charge < -0.3 is 20.3 Å². The summed E-state index contributed by atoms with van der Waals surface area (Å²) in [5.41, 5.74) is 2.47. The maximum absolute atomic E-state index is 11.6. The topological polar surface area (TPSA) is 66.0 Å². The van der Waals surface area contributed by atoms with Crippen molar-refractivity contribution in [3.05, 3.63) is 65.7 Å². The lowest BCUT2D eigenvalue weighted by Crippen LogP contribution is -2.39. The maximum atomic E-state index is 11.6. The summed E-state index contributed by atoms with van der Waals surface area (Å²) in [6.45, 7) is 5.14. The van der Waals surface area contributed by atoms with Crippen LogP contribution in [0.1, 0.15) is 30.4 Å². The van der Waals surface area contributed by atoms with E-state index < -0.39 is 0 Å². The standard InChI is InChI=1S/C23H30N4O2.HI/c1-3-25-22(28)17-29-21-11-7-8-18(14-21)15-26-23(24-2)27-13-12-20(16-27)19-9-5-4-6-10-19;/h4-11,14,20H,3,12-13,15-17H2,1-2H3,(H,24,26)(H,25,28);1H. The van der Waals surface area contributed by atoms with Gasteiger partial charge in [0.25, 0.3) is 5.91 Å². The van der Waals surface area contributed by atoms with Crippen LogP contribution in [0.15, 0.2) is 59.6 Å². The number of aliphatic imine (C=N–C) groups is 1. The fourth-order valence-electron chi connectivity index (χ4n) is 3.61. The molecule has 6 nitrogen and oxygen atoms in total. The van der Waals surface area contributed by atoms with Crippen LogP contribution in [-0.4, -0.2) is 50.1 Å². The molecule has 1 aliphatic rings. The smallest absolute Gasteiger partial charge is 0.257 e. The van der Waals surface area contributed by atoms with E-state index in [1.54, 1.807) is 0 Å². The van der Waals surface area contributed by atoms with Gasteiger partial charge in [0.1, 0.15) is 5.75 Å². The molecule has 0 saturated carbocycles. The van der Waals surface area contributed by atoms with E-state index in [9.17, 15) is 4.79 Å². The fourth-order valence-corrected chi connectivity index (χ4v) is 3.61. The van der Waals surface area contributed by atoms with Crippen molar-refractivity contribution >= 4 is 35.8 Å². The van der Waals surface area contributed by atoms with Crippen LogP contribution in [0.3, 0.4) is 0 Å².